The summed E-state index contributed by atoms with van der Waals surface area (Å²) in [5.41, 5.74) is 0.922. The van der Waals surface area contributed by atoms with E-state index in [1.165, 1.54) is 13.2 Å². The fourth-order valence-corrected chi connectivity index (χ4v) is 1.45. The monoisotopic (exact) mass is 284 g/mol. The molecule has 0 saturated heterocycles. The van der Waals surface area contributed by atoms with E-state index in [-0.39, 0.29) is 52.8 Å². The first-order chi connectivity index (χ1) is 7.47. The zero-order valence-corrected chi connectivity index (χ0v) is 13.7. The van der Waals surface area contributed by atoms with Crippen molar-refractivity contribution in [3.8, 4) is 0 Å². The molecule has 0 amide bonds. The first-order valence-electron chi connectivity index (χ1n) is 4.58. The van der Waals surface area contributed by atoms with Gasteiger partial charge in [0.15, 0.2) is 0 Å². The number of benzene rings is 1. The second kappa shape index (κ2) is 8.58. The van der Waals surface area contributed by atoms with Crippen molar-refractivity contribution in [2.45, 2.75) is 13.2 Å². The van der Waals surface area contributed by atoms with Gasteiger partial charge in [0.1, 0.15) is 0 Å². The molecule has 5 nitrogen and oxygen atoms in total. The third kappa shape index (κ3) is 9.13. The van der Waals surface area contributed by atoms with E-state index in [9.17, 15) is 4.57 Å². The SMILES string of the molecule is CC(O/C=C/c1ccccc1)OP(=O)(O)O.[H-].[K+]. The molecule has 1 rings (SSSR count). The van der Waals surface area contributed by atoms with Crippen LogP contribution in [-0.4, -0.2) is 16.1 Å². The molecule has 0 spiro atoms. The van der Waals surface area contributed by atoms with E-state index in [0.717, 1.165) is 5.56 Å². The van der Waals surface area contributed by atoms with Gasteiger partial charge in [-0.3, -0.25) is 0 Å². The summed E-state index contributed by atoms with van der Waals surface area (Å²) < 4.78 is 19.6. The molecule has 1 atom stereocenters. The number of hydrogen-bond donors (Lipinski definition) is 2. The molecule has 0 aromatic heterocycles. The van der Waals surface area contributed by atoms with Gasteiger partial charge in [0.25, 0.3) is 0 Å². The van der Waals surface area contributed by atoms with Crippen LogP contribution in [0.1, 0.15) is 13.9 Å². The normalized spacial score (nSPS) is 13.1. The first kappa shape index (κ1) is 17.5. The van der Waals surface area contributed by atoms with E-state index in [2.05, 4.69) is 4.52 Å². The van der Waals surface area contributed by atoms with Gasteiger partial charge in [-0.2, -0.15) is 0 Å². The molecule has 2 N–H and O–H groups in total. The molecule has 0 aliphatic heterocycles. The van der Waals surface area contributed by atoms with Crippen molar-refractivity contribution < 1.29 is 76.4 Å². The number of phosphoric ester groups is 1. The van der Waals surface area contributed by atoms with E-state index in [0.29, 0.717) is 0 Å². The molecule has 0 saturated carbocycles. The average Bonchev–Trinajstić information content (AvgIpc) is 2.16. The number of hydrogen-bond acceptors (Lipinski definition) is 3. The van der Waals surface area contributed by atoms with Crippen molar-refractivity contribution in [3.63, 3.8) is 0 Å². The third-order valence-electron chi connectivity index (χ3n) is 1.62. The van der Waals surface area contributed by atoms with Crippen LogP contribution in [0.3, 0.4) is 0 Å². The second-order valence-corrected chi connectivity index (χ2v) is 4.21. The summed E-state index contributed by atoms with van der Waals surface area (Å²) >= 11 is 0. The van der Waals surface area contributed by atoms with Gasteiger partial charge in [0.05, 0.1) is 6.26 Å². The predicted molar refractivity (Wildman–Crippen MR) is 60.3 cm³/mol. The molecule has 90 valence electrons. The fourth-order valence-electron chi connectivity index (χ4n) is 1.01. The Balaban J connectivity index is 0. The molecule has 0 heterocycles. The zero-order chi connectivity index (χ0) is 12.0. The van der Waals surface area contributed by atoms with Gasteiger partial charge in [0.2, 0.25) is 6.29 Å². The van der Waals surface area contributed by atoms with Gasteiger partial charge in [-0.1, -0.05) is 30.3 Å². The van der Waals surface area contributed by atoms with Gasteiger partial charge in [-0.25, -0.2) is 9.09 Å². The third-order valence-corrected chi connectivity index (χ3v) is 2.19. The maximum absolute atomic E-state index is 10.4. The largest absolute Gasteiger partial charge is 1.00 e. The predicted octanol–water partition coefficient (Wildman–Crippen LogP) is -0.754. The molecular weight excluding hydrogens is 270 g/mol. The van der Waals surface area contributed by atoms with Crippen LogP contribution in [0, 0.1) is 0 Å². The van der Waals surface area contributed by atoms with Gasteiger partial charge >= 0.3 is 59.2 Å². The molecule has 1 aromatic carbocycles. The standard InChI is InChI=1S/C10H13O5P.K.H/c1-9(15-16(11,12)13)14-8-7-10-5-3-2-4-6-10;;/h2-9H,1H3,(H2,11,12,13);;/q;+1;-1/b8-7+;;. The van der Waals surface area contributed by atoms with Gasteiger partial charge < -0.3 is 16.0 Å². The van der Waals surface area contributed by atoms with Crippen molar-refractivity contribution in [2.24, 2.45) is 0 Å². The van der Waals surface area contributed by atoms with E-state index in [1.807, 2.05) is 30.3 Å². The average molecular weight is 284 g/mol. The van der Waals surface area contributed by atoms with E-state index >= 15 is 0 Å². The summed E-state index contributed by atoms with van der Waals surface area (Å²) in [5.74, 6) is 0. The van der Waals surface area contributed by atoms with Crippen molar-refractivity contribution in [1.82, 2.24) is 0 Å². The van der Waals surface area contributed by atoms with Crippen molar-refractivity contribution in [1.29, 1.82) is 0 Å². The molecular formula is C10H14KO5P. The molecule has 7 heteroatoms. The quantitative estimate of drug-likeness (QED) is 0.322. The van der Waals surface area contributed by atoms with Crippen LogP contribution >= 0.6 is 7.82 Å². The Labute approximate surface area is 144 Å². The molecule has 17 heavy (non-hydrogen) atoms. The Morgan fingerprint density at radius 1 is 1.35 bits per heavy atom. The van der Waals surface area contributed by atoms with E-state index in [1.54, 1.807) is 6.08 Å². The fraction of sp³-hybridized carbons (Fsp3) is 0.200. The van der Waals surface area contributed by atoms with Crippen LogP contribution in [0.5, 0.6) is 0 Å². The van der Waals surface area contributed by atoms with Gasteiger partial charge in [-0.15, -0.1) is 0 Å². The van der Waals surface area contributed by atoms with E-state index < -0.39 is 14.1 Å². The molecule has 1 unspecified atom stereocenters. The van der Waals surface area contributed by atoms with Crippen molar-refractivity contribution in [3.05, 3.63) is 42.2 Å². The minimum Gasteiger partial charge on any atom is -1.00 e. The summed E-state index contributed by atoms with van der Waals surface area (Å²) in [7, 11) is -4.49. The maximum atomic E-state index is 10.4. The Hall–Kier alpha value is 0.506. The number of rotatable bonds is 5. The minimum atomic E-state index is -4.49. The summed E-state index contributed by atoms with van der Waals surface area (Å²) in [6.45, 7) is 1.40. The molecule has 0 aliphatic carbocycles. The minimum absolute atomic E-state index is 0. The maximum Gasteiger partial charge on any atom is 1.00 e. The molecule has 0 radical (unpaired) electrons. The van der Waals surface area contributed by atoms with Gasteiger partial charge in [0, 0.05) is 0 Å². The summed E-state index contributed by atoms with van der Waals surface area (Å²) in [4.78, 5) is 17.0. The number of ether oxygens (including phenoxy) is 1. The Morgan fingerprint density at radius 2 is 1.94 bits per heavy atom. The smallest absolute Gasteiger partial charge is 1.00 e. The van der Waals surface area contributed by atoms with Crippen molar-refractivity contribution in [2.75, 3.05) is 0 Å². The van der Waals surface area contributed by atoms with E-state index in [4.69, 9.17) is 14.5 Å². The Morgan fingerprint density at radius 3 is 2.47 bits per heavy atom. The van der Waals surface area contributed by atoms with Crippen LogP contribution < -0.4 is 51.4 Å². The van der Waals surface area contributed by atoms with Crippen LogP contribution in [0.4, 0.5) is 0 Å². The second-order valence-electron chi connectivity index (χ2n) is 3.01. The first-order valence-corrected chi connectivity index (χ1v) is 6.11. The van der Waals surface area contributed by atoms with Crippen LogP contribution in [0.2, 0.25) is 0 Å². The summed E-state index contributed by atoms with van der Waals surface area (Å²) in [5, 5.41) is 0. The van der Waals surface area contributed by atoms with Crippen molar-refractivity contribution >= 4 is 13.9 Å². The summed E-state index contributed by atoms with van der Waals surface area (Å²) in [6, 6.07) is 9.37. The van der Waals surface area contributed by atoms with Crippen LogP contribution in [0.25, 0.3) is 6.08 Å². The Bertz CT molecular complexity index is 395. The molecule has 0 fully saturated rings. The summed E-state index contributed by atoms with van der Waals surface area (Å²) in [6.07, 6.45) is 2.00. The topological polar surface area (TPSA) is 76.0 Å². The van der Waals surface area contributed by atoms with Crippen LogP contribution in [0.15, 0.2) is 36.6 Å². The molecule has 0 aliphatic rings. The zero-order valence-electron chi connectivity index (χ0n) is 10.7. The molecule has 0 bridgehead atoms. The molecule has 1 aromatic rings. The van der Waals surface area contributed by atoms with Gasteiger partial charge in [-0.05, 0) is 18.6 Å². The van der Waals surface area contributed by atoms with Crippen LogP contribution in [-0.2, 0) is 13.8 Å². The Kier molecular flexibility index (Phi) is 8.84. The number of phosphoric acid groups is 1.